The Morgan fingerprint density at radius 1 is 1.34 bits per heavy atom. The lowest BCUT2D eigenvalue weighted by Gasteiger charge is -2.38. The van der Waals surface area contributed by atoms with Gasteiger partial charge in [-0.2, -0.15) is 0 Å². The first-order valence-corrected chi connectivity index (χ1v) is 11.9. The van der Waals surface area contributed by atoms with Crippen molar-refractivity contribution in [2.24, 2.45) is 10.9 Å². The highest BCUT2D eigenvalue weighted by atomic mass is 35.5. The average Bonchev–Trinajstić information content (AvgIpc) is 2.72. The topological polar surface area (TPSA) is 45.1 Å². The minimum absolute atomic E-state index is 0.126. The number of amidine groups is 1. The number of hydrogen-bond donors (Lipinski definition) is 0. The molecule has 0 N–H and O–H groups in total. The van der Waals surface area contributed by atoms with Gasteiger partial charge in [-0.05, 0) is 50.3 Å². The van der Waals surface area contributed by atoms with Gasteiger partial charge in [0.1, 0.15) is 0 Å². The molecule has 0 bridgehead atoms. The van der Waals surface area contributed by atoms with Crippen LogP contribution in [0.4, 0.5) is 0 Å². The number of Topliss-reactive ketones (excluding diaryl/α,β-unsaturated/α-hetero) is 1. The third-order valence-electron chi connectivity index (χ3n) is 5.59. The van der Waals surface area contributed by atoms with Crippen LogP contribution in [0.5, 0.6) is 0 Å². The third kappa shape index (κ3) is 6.61. The van der Waals surface area contributed by atoms with E-state index in [4.69, 9.17) is 16.3 Å². The van der Waals surface area contributed by atoms with Gasteiger partial charge in [0.15, 0.2) is 5.78 Å². The number of ketones is 1. The van der Waals surface area contributed by atoms with E-state index in [0.29, 0.717) is 29.7 Å². The summed E-state index contributed by atoms with van der Waals surface area (Å²) < 4.78 is 5.68. The van der Waals surface area contributed by atoms with E-state index >= 15 is 0 Å². The lowest BCUT2D eigenvalue weighted by Crippen LogP contribution is -2.42. The van der Waals surface area contributed by atoms with E-state index in [9.17, 15) is 4.79 Å². The first-order valence-electron chi connectivity index (χ1n) is 11.5. The second kappa shape index (κ2) is 12.1. The van der Waals surface area contributed by atoms with Gasteiger partial charge in [-0.3, -0.25) is 4.79 Å². The maximum atomic E-state index is 13.3. The van der Waals surface area contributed by atoms with Gasteiger partial charge in [0, 0.05) is 42.3 Å². The van der Waals surface area contributed by atoms with Gasteiger partial charge >= 0.3 is 0 Å². The van der Waals surface area contributed by atoms with Gasteiger partial charge in [-0.1, -0.05) is 51.1 Å². The zero-order valence-electron chi connectivity index (χ0n) is 20.4. The summed E-state index contributed by atoms with van der Waals surface area (Å²) in [5.41, 5.74) is 3.48. The molecule has 1 aliphatic rings. The molecule has 0 saturated carbocycles. The van der Waals surface area contributed by atoms with Gasteiger partial charge in [-0.25, -0.2) is 4.99 Å². The number of nitrogens with zero attached hydrogens (tertiary/aromatic N) is 3. The molecule has 0 amide bonds. The Hall–Kier alpha value is -2.27. The zero-order chi connectivity index (χ0) is 23.8. The molecule has 2 rings (SSSR count). The number of ether oxygens (including phenoxy) is 1. The van der Waals surface area contributed by atoms with Crippen molar-refractivity contribution < 1.29 is 9.53 Å². The lowest BCUT2D eigenvalue weighted by atomic mass is 9.88. The van der Waals surface area contributed by atoms with Gasteiger partial charge < -0.3 is 14.5 Å². The predicted octanol–water partition coefficient (Wildman–Crippen LogP) is 6.22. The molecular formula is C26H38ClN3O2. The number of aliphatic imine (C=N–C) groups is 1. The molecule has 0 spiro atoms. The van der Waals surface area contributed by atoms with E-state index in [1.54, 1.807) is 7.11 Å². The number of allylic oxidation sites excluding steroid dienone is 2. The molecule has 1 atom stereocenters. The second-order valence-corrected chi connectivity index (χ2v) is 9.28. The van der Waals surface area contributed by atoms with Crippen LogP contribution in [0.1, 0.15) is 65.5 Å². The Morgan fingerprint density at radius 2 is 2.06 bits per heavy atom. The van der Waals surface area contributed by atoms with Gasteiger partial charge in [-0.15, -0.1) is 0 Å². The summed E-state index contributed by atoms with van der Waals surface area (Å²) in [7, 11) is 1.63. The minimum Gasteiger partial charge on any atom is -0.468 e. The fourth-order valence-electron chi connectivity index (χ4n) is 4.17. The molecule has 0 radical (unpaired) electrons. The molecule has 32 heavy (non-hydrogen) atoms. The highest BCUT2D eigenvalue weighted by molar-refractivity contribution is 6.30. The first-order chi connectivity index (χ1) is 15.2. The van der Waals surface area contributed by atoms with Crippen LogP contribution in [0.25, 0.3) is 0 Å². The molecule has 1 heterocycles. The molecule has 176 valence electrons. The van der Waals surface area contributed by atoms with Gasteiger partial charge in [0.05, 0.1) is 18.8 Å². The minimum atomic E-state index is -0.281. The summed E-state index contributed by atoms with van der Waals surface area (Å²) in [5, 5.41) is 0.647. The molecule has 1 aromatic carbocycles. The number of carbonyl (C=O) groups is 1. The summed E-state index contributed by atoms with van der Waals surface area (Å²) in [6.07, 6.45) is 2.44. The maximum Gasteiger partial charge on any atom is 0.292 e. The van der Waals surface area contributed by atoms with Crippen molar-refractivity contribution in [3.8, 4) is 0 Å². The number of halogens is 1. The molecule has 5 nitrogen and oxygen atoms in total. The monoisotopic (exact) mass is 459 g/mol. The van der Waals surface area contributed by atoms with Crippen LogP contribution >= 0.6 is 11.6 Å². The molecule has 0 saturated heterocycles. The van der Waals surface area contributed by atoms with E-state index in [1.165, 1.54) is 0 Å². The summed E-state index contributed by atoms with van der Waals surface area (Å²) in [6, 6.07) is 7.99. The molecule has 0 aliphatic carbocycles. The first kappa shape index (κ1) is 26.0. The van der Waals surface area contributed by atoms with Crippen LogP contribution < -0.4 is 0 Å². The van der Waals surface area contributed by atoms with Gasteiger partial charge in [0.2, 0.25) is 0 Å². The third-order valence-corrected chi connectivity index (χ3v) is 5.82. The Morgan fingerprint density at radius 3 is 2.62 bits per heavy atom. The van der Waals surface area contributed by atoms with Crippen LogP contribution in [-0.4, -0.2) is 48.3 Å². The van der Waals surface area contributed by atoms with E-state index < -0.39 is 0 Å². The van der Waals surface area contributed by atoms with Crippen LogP contribution in [0.15, 0.2) is 52.8 Å². The summed E-state index contributed by atoms with van der Waals surface area (Å²) in [4.78, 5) is 22.4. The average molecular weight is 460 g/mol. The standard InChI is InChI=1S/C26H38ClN3O2/c1-8-13-29(19(4)5)14-10-15-30-25(21-11-9-12-22(27)17-21)24(23(31)16-18(2)3)20(6)28-26(30)32-7/h9,11-12,17-18,25H,4,8,10,13-16H2,1-3,5-7H3. The Kier molecular flexibility index (Phi) is 9.83. The fraction of sp³-hybridized carbons (Fsp3) is 0.538. The smallest absolute Gasteiger partial charge is 0.292 e. The maximum absolute atomic E-state index is 13.3. The van der Waals surface area contributed by atoms with Crippen molar-refractivity contribution in [1.29, 1.82) is 0 Å². The molecule has 1 unspecified atom stereocenters. The molecular weight excluding hydrogens is 422 g/mol. The largest absolute Gasteiger partial charge is 0.468 e. The Bertz CT molecular complexity index is 876. The zero-order valence-corrected chi connectivity index (χ0v) is 21.2. The van der Waals surface area contributed by atoms with E-state index in [0.717, 1.165) is 42.8 Å². The molecule has 0 fully saturated rings. The van der Waals surface area contributed by atoms with E-state index in [1.807, 2.05) is 38.1 Å². The normalized spacial score (nSPS) is 16.3. The number of rotatable bonds is 11. The quantitative estimate of drug-likeness (QED) is 0.393. The van der Waals surface area contributed by atoms with Crippen molar-refractivity contribution in [3.05, 3.63) is 58.4 Å². The van der Waals surface area contributed by atoms with Crippen LogP contribution in [0.3, 0.4) is 0 Å². The molecule has 1 aromatic rings. The highest BCUT2D eigenvalue weighted by Gasteiger charge is 2.36. The fourth-order valence-corrected chi connectivity index (χ4v) is 4.37. The van der Waals surface area contributed by atoms with Crippen LogP contribution in [0.2, 0.25) is 5.02 Å². The summed E-state index contributed by atoms with van der Waals surface area (Å²) in [6.45, 7) is 16.9. The van der Waals surface area contributed by atoms with Gasteiger partial charge in [0.25, 0.3) is 6.02 Å². The SMILES string of the molecule is C=C(C)N(CCC)CCCN1C(OC)=NC(C)=C(C(=O)CC(C)C)C1c1cccc(Cl)c1. The summed E-state index contributed by atoms with van der Waals surface area (Å²) >= 11 is 6.35. The number of benzene rings is 1. The van der Waals surface area contributed by atoms with Crippen molar-refractivity contribution in [2.45, 2.75) is 59.9 Å². The van der Waals surface area contributed by atoms with Crippen molar-refractivity contribution in [3.63, 3.8) is 0 Å². The van der Waals surface area contributed by atoms with Crippen LogP contribution in [0, 0.1) is 5.92 Å². The second-order valence-electron chi connectivity index (χ2n) is 8.85. The summed E-state index contributed by atoms with van der Waals surface area (Å²) in [5.74, 6) is 0.392. The van der Waals surface area contributed by atoms with E-state index in [-0.39, 0.29) is 17.7 Å². The highest BCUT2D eigenvalue weighted by Crippen LogP contribution is 2.37. The van der Waals surface area contributed by atoms with Crippen molar-refractivity contribution in [1.82, 2.24) is 9.80 Å². The molecule has 0 aromatic heterocycles. The Labute approximate surface area is 198 Å². The molecule has 1 aliphatic heterocycles. The number of hydrogen-bond acceptors (Lipinski definition) is 5. The van der Waals surface area contributed by atoms with E-state index in [2.05, 4.69) is 42.1 Å². The van der Waals surface area contributed by atoms with Crippen molar-refractivity contribution in [2.75, 3.05) is 26.7 Å². The number of carbonyl (C=O) groups excluding carboxylic acids is 1. The number of methoxy groups -OCH3 is 1. The Balaban J connectivity index is 2.43. The lowest BCUT2D eigenvalue weighted by molar-refractivity contribution is -0.117. The van der Waals surface area contributed by atoms with Crippen molar-refractivity contribution >= 4 is 23.4 Å². The molecule has 6 heteroatoms. The van der Waals surface area contributed by atoms with Crippen LogP contribution in [-0.2, 0) is 9.53 Å². The predicted molar refractivity (Wildman–Crippen MR) is 134 cm³/mol.